The van der Waals surface area contributed by atoms with Crippen molar-refractivity contribution in [2.45, 2.75) is 6.54 Å². The van der Waals surface area contributed by atoms with E-state index in [1.807, 2.05) is 18.2 Å². The minimum Gasteiger partial charge on any atom is -0.454 e. The fourth-order valence-electron chi connectivity index (χ4n) is 3.93. The fourth-order valence-corrected chi connectivity index (χ4v) is 4.63. The van der Waals surface area contributed by atoms with Crippen molar-refractivity contribution in [2.24, 2.45) is 0 Å². The van der Waals surface area contributed by atoms with Gasteiger partial charge < -0.3 is 9.47 Å². The van der Waals surface area contributed by atoms with E-state index in [1.165, 1.54) is 29.5 Å². The molecule has 6 rings (SSSR count). The van der Waals surface area contributed by atoms with Gasteiger partial charge in [0.05, 0.1) is 23.4 Å². The number of anilines is 1. The number of thiazole rings is 1. The lowest BCUT2D eigenvalue weighted by Gasteiger charge is -2.14. The minimum atomic E-state index is -0.455. The first kappa shape index (κ1) is 21.0. The number of imide groups is 1. The molecule has 0 spiro atoms. The molecule has 0 aliphatic carbocycles. The number of pyridine rings is 1. The number of nitrogens with one attached hydrogen (secondary N) is 1. The van der Waals surface area contributed by atoms with Gasteiger partial charge in [-0.3, -0.25) is 29.6 Å². The Balaban J connectivity index is 1.19. The van der Waals surface area contributed by atoms with Crippen LogP contribution in [0.4, 0.5) is 5.13 Å². The van der Waals surface area contributed by atoms with Crippen LogP contribution in [-0.4, -0.2) is 39.4 Å². The van der Waals surface area contributed by atoms with Gasteiger partial charge in [0, 0.05) is 17.1 Å². The molecule has 1 N–H and O–H groups in total. The monoisotopic (exact) mass is 484 g/mol. The number of nitrogens with zero attached hydrogens (tertiary/aromatic N) is 3. The summed E-state index contributed by atoms with van der Waals surface area (Å²) in [7, 11) is 0. The first-order valence-electron chi connectivity index (χ1n) is 10.6. The van der Waals surface area contributed by atoms with Crippen LogP contribution in [0.3, 0.4) is 0 Å². The van der Waals surface area contributed by atoms with Crippen molar-refractivity contribution in [3.05, 3.63) is 88.4 Å². The summed E-state index contributed by atoms with van der Waals surface area (Å²) in [6, 6.07) is 15.3. The summed E-state index contributed by atoms with van der Waals surface area (Å²) >= 11 is 1.27. The van der Waals surface area contributed by atoms with E-state index in [9.17, 15) is 14.4 Å². The van der Waals surface area contributed by atoms with Crippen LogP contribution in [0.2, 0.25) is 0 Å². The molecular formula is C25H16N4O5S. The van der Waals surface area contributed by atoms with E-state index in [4.69, 9.17) is 9.47 Å². The van der Waals surface area contributed by atoms with Crippen LogP contribution in [0.25, 0.3) is 11.4 Å². The van der Waals surface area contributed by atoms with Crippen LogP contribution in [0.15, 0.2) is 66.2 Å². The standard InChI is InChI=1S/C25H16N4O5S/c30-22(28-25-27-19(12-35-25)18-3-1-2-8-26-18)15-5-6-16-17(10-15)24(32)29(23(16)31)11-14-4-7-20-21(9-14)34-13-33-20/h1-10,12H,11,13H2,(H,27,28,30). The van der Waals surface area contributed by atoms with Crippen LogP contribution in [0, 0.1) is 0 Å². The maximum atomic E-state index is 13.0. The van der Waals surface area contributed by atoms with E-state index in [0.717, 1.165) is 10.5 Å². The maximum Gasteiger partial charge on any atom is 0.261 e. The summed E-state index contributed by atoms with van der Waals surface area (Å²) in [5.41, 5.74) is 2.79. The average molecular weight is 484 g/mol. The predicted molar refractivity (Wildman–Crippen MR) is 127 cm³/mol. The molecule has 0 fully saturated rings. The molecule has 3 amide bonds. The van der Waals surface area contributed by atoms with Gasteiger partial charge in [-0.2, -0.15) is 0 Å². The third kappa shape index (κ3) is 3.79. The Morgan fingerprint density at radius 2 is 1.83 bits per heavy atom. The second kappa shape index (κ2) is 8.33. The summed E-state index contributed by atoms with van der Waals surface area (Å²) in [6.45, 7) is 0.224. The van der Waals surface area contributed by atoms with Crippen molar-refractivity contribution in [2.75, 3.05) is 12.1 Å². The number of rotatable bonds is 5. The smallest absolute Gasteiger partial charge is 0.261 e. The van der Waals surface area contributed by atoms with Gasteiger partial charge >= 0.3 is 0 Å². The van der Waals surface area contributed by atoms with Gasteiger partial charge in [-0.15, -0.1) is 11.3 Å². The molecule has 2 aliphatic heterocycles. The number of aromatic nitrogens is 2. The maximum absolute atomic E-state index is 13.0. The Morgan fingerprint density at radius 3 is 2.69 bits per heavy atom. The molecule has 0 radical (unpaired) electrons. The molecule has 0 saturated carbocycles. The summed E-state index contributed by atoms with van der Waals surface area (Å²) in [5.74, 6) is -0.0895. The number of fused-ring (bicyclic) bond motifs is 2. The van der Waals surface area contributed by atoms with Crippen molar-refractivity contribution in [1.82, 2.24) is 14.9 Å². The van der Waals surface area contributed by atoms with E-state index in [1.54, 1.807) is 29.8 Å². The summed E-state index contributed by atoms with van der Waals surface area (Å²) < 4.78 is 10.7. The third-order valence-corrected chi connectivity index (χ3v) is 6.42. The average Bonchev–Trinajstić information content (AvgIpc) is 3.60. The largest absolute Gasteiger partial charge is 0.454 e. The summed E-state index contributed by atoms with van der Waals surface area (Å²) in [5, 5.41) is 4.95. The van der Waals surface area contributed by atoms with Crippen molar-refractivity contribution in [3.63, 3.8) is 0 Å². The molecule has 10 heteroatoms. The number of benzene rings is 2. The normalized spacial score (nSPS) is 13.8. The lowest BCUT2D eigenvalue weighted by molar-refractivity contribution is 0.0642. The fraction of sp³-hybridized carbons (Fsp3) is 0.0800. The zero-order valence-electron chi connectivity index (χ0n) is 18.1. The van der Waals surface area contributed by atoms with Gasteiger partial charge in [0.25, 0.3) is 17.7 Å². The molecule has 2 aromatic carbocycles. The number of hydrogen-bond acceptors (Lipinski definition) is 8. The first-order chi connectivity index (χ1) is 17.1. The van der Waals surface area contributed by atoms with Crippen molar-refractivity contribution in [3.8, 4) is 22.9 Å². The van der Waals surface area contributed by atoms with E-state index >= 15 is 0 Å². The van der Waals surface area contributed by atoms with Crippen molar-refractivity contribution >= 4 is 34.2 Å². The predicted octanol–water partition coefficient (Wildman–Crippen LogP) is 3.98. The highest BCUT2D eigenvalue weighted by Crippen LogP contribution is 2.34. The van der Waals surface area contributed by atoms with Crippen LogP contribution >= 0.6 is 11.3 Å². The highest BCUT2D eigenvalue weighted by atomic mass is 32.1. The highest BCUT2D eigenvalue weighted by Gasteiger charge is 2.36. The van der Waals surface area contributed by atoms with Gasteiger partial charge in [0.15, 0.2) is 16.6 Å². The molecule has 0 atom stereocenters. The molecule has 4 heterocycles. The molecule has 35 heavy (non-hydrogen) atoms. The number of carbonyl (C=O) groups is 3. The Morgan fingerprint density at radius 1 is 0.971 bits per heavy atom. The molecule has 0 saturated heterocycles. The van der Waals surface area contributed by atoms with Crippen LogP contribution in [0.5, 0.6) is 11.5 Å². The second-order valence-electron chi connectivity index (χ2n) is 7.85. The van der Waals surface area contributed by atoms with E-state index in [-0.39, 0.29) is 30.0 Å². The minimum absolute atomic E-state index is 0.0833. The Labute approximate surface area is 203 Å². The molecule has 0 unspecified atom stereocenters. The molecular weight excluding hydrogens is 468 g/mol. The van der Waals surface area contributed by atoms with Gasteiger partial charge in [0.2, 0.25) is 6.79 Å². The van der Waals surface area contributed by atoms with E-state index in [0.29, 0.717) is 28.0 Å². The Bertz CT molecular complexity index is 1500. The molecule has 4 aromatic rings. The Hall–Kier alpha value is -4.57. The van der Waals surface area contributed by atoms with Gasteiger partial charge in [0.1, 0.15) is 5.69 Å². The van der Waals surface area contributed by atoms with E-state index < -0.39 is 17.7 Å². The SMILES string of the molecule is O=C(Nc1nc(-c2ccccn2)cs1)c1ccc2c(c1)C(=O)N(Cc1ccc3c(c1)OCO3)C2=O. The zero-order chi connectivity index (χ0) is 23.9. The number of ether oxygens (including phenoxy) is 2. The molecule has 2 aromatic heterocycles. The number of carbonyl (C=O) groups excluding carboxylic acids is 3. The highest BCUT2D eigenvalue weighted by molar-refractivity contribution is 7.14. The first-order valence-corrected chi connectivity index (χ1v) is 11.5. The van der Waals surface area contributed by atoms with Crippen LogP contribution in [-0.2, 0) is 6.54 Å². The Kier molecular flexibility index (Phi) is 5.00. The quantitative estimate of drug-likeness (QED) is 0.427. The second-order valence-corrected chi connectivity index (χ2v) is 8.71. The van der Waals surface area contributed by atoms with Crippen LogP contribution < -0.4 is 14.8 Å². The third-order valence-electron chi connectivity index (χ3n) is 5.66. The lowest BCUT2D eigenvalue weighted by Crippen LogP contribution is -2.29. The summed E-state index contributed by atoms with van der Waals surface area (Å²) in [6.07, 6.45) is 1.67. The lowest BCUT2D eigenvalue weighted by atomic mass is 10.1. The molecule has 2 aliphatic rings. The van der Waals surface area contributed by atoms with Gasteiger partial charge in [-0.1, -0.05) is 12.1 Å². The van der Waals surface area contributed by atoms with E-state index in [2.05, 4.69) is 15.3 Å². The van der Waals surface area contributed by atoms with Crippen molar-refractivity contribution < 1.29 is 23.9 Å². The number of hydrogen-bond donors (Lipinski definition) is 1. The topological polar surface area (TPSA) is 111 Å². The number of amides is 3. The van der Waals surface area contributed by atoms with Crippen molar-refractivity contribution in [1.29, 1.82) is 0 Å². The van der Waals surface area contributed by atoms with Gasteiger partial charge in [-0.05, 0) is 48.0 Å². The molecule has 0 bridgehead atoms. The van der Waals surface area contributed by atoms with Gasteiger partial charge in [-0.25, -0.2) is 4.98 Å². The molecule has 172 valence electrons. The van der Waals surface area contributed by atoms with Crippen LogP contribution in [0.1, 0.15) is 36.6 Å². The molecule has 9 nitrogen and oxygen atoms in total. The summed E-state index contributed by atoms with van der Waals surface area (Å²) in [4.78, 5) is 48.6. The zero-order valence-corrected chi connectivity index (χ0v) is 18.9.